The van der Waals surface area contributed by atoms with Crippen LogP contribution in [-0.4, -0.2) is 23.2 Å². The third kappa shape index (κ3) is 4.46. The molecule has 3 unspecified atom stereocenters. The average Bonchev–Trinajstić information content (AvgIpc) is 2.52. The van der Waals surface area contributed by atoms with E-state index in [1.54, 1.807) is 5.32 Å². The number of benzene rings is 1. The smallest absolute Gasteiger partial charge is 0.413 e. The van der Waals surface area contributed by atoms with Gasteiger partial charge in [0.25, 0.3) is 0 Å². The van der Waals surface area contributed by atoms with Crippen LogP contribution in [0.3, 0.4) is 0 Å². The molecule has 1 aliphatic rings. The van der Waals surface area contributed by atoms with Gasteiger partial charge in [-0.2, -0.15) is 13.2 Å². The van der Waals surface area contributed by atoms with Crippen molar-refractivity contribution in [2.24, 2.45) is 11.8 Å². The minimum Gasteiger partial charge on any atom is -0.481 e. The Morgan fingerprint density at radius 1 is 1.12 bits per heavy atom. The van der Waals surface area contributed by atoms with E-state index in [1.807, 2.05) is 0 Å². The first-order valence-corrected chi connectivity index (χ1v) is 7.65. The Bertz CT molecular complexity index is 641. The van der Waals surface area contributed by atoms with Crippen LogP contribution in [0.25, 0.3) is 0 Å². The highest BCUT2D eigenvalue weighted by atomic mass is 19.4. The second-order valence-corrected chi connectivity index (χ2v) is 6.02. The van der Waals surface area contributed by atoms with E-state index >= 15 is 0 Å². The molecule has 1 aromatic rings. The van der Waals surface area contributed by atoms with E-state index in [2.05, 4.69) is 0 Å². The fourth-order valence-electron chi connectivity index (χ4n) is 3.02. The SMILES string of the molecule is O=C(O)C1CCCC(C(=O)NC(c2c(F)cccc2F)C(F)(F)F)C1. The van der Waals surface area contributed by atoms with Crippen molar-refractivity contribution < 1.29 is 36.6 Å². The van der Waals surface area contributed by atoms with E-state index in [4.69, 9.17) is 5.11 Å². The summed E-state index contributed by atoms with van der Waals surface area (Å²) in [6, 6.07) is -0.581. The fourth-order valence-corrected chi connectivity index (χ4v) is 3.02. The summed E-state index contributed by atoms with van der Waals surface area (Å²) in [5, 5.41) is 10.6. The number of halogens is 5. The predicted molar refractivity (Wildman–Crippen MR) is 76.4 cm³/mol. The van der Waals surface area contributed by atoms with Gasteiger partial charge in [0.1, 0.15) is 11.6 Å². The zero-order valence-electron chi connectivity index (χ0n) is 12.9. The van der Waals surface area contributed by atoms with Gasteiger partial charge < -0.3 is 10.4 Å². The van der Waals surface area contributed by atoms with E-state index in [0.717, 1.165) is 6.07 Å². The number of hydrogen-bond acceptors (Lipinski definition) is 2. The minimum absolute atomic E-state index is 0.106. The number of aliphatic carboxylic acids is 1. The Balaban J connectivity index is 2.23. The Kier molecular flexibility index (Phi) is 5.64. The van der Waals surface area contributed by atoms with Gasteiger partial charge in [-0.25, -0.2) is 8.78 Å². The van der Waals surface area contributed by atoms with Crippen LogP contribution in [0.4, 0.5) is 22.0 Å². The Hall–Kier alpha value is -2.19. The third-order valence-electron chi connectivity index (χ3n) is 4.30. The zero-order valence-corrected chi connectivity index (χ0v) is 12.9. The number of alkyl halides is 3. The van der Waals surface area contributed by atoms with Gasteiger partial charge in [-0.1, -0.05) is 12.5 Å². The normalized spacial score (nSPS) is 22.3. The van der Waals surface area contributed by atoms with E-state index < -0.39 is 53.1 Å². The highest BCUT2D eigenvalue weighted by Gasteiger charge is 2.46. The lowest BCUT2D eigenvalue weighted by Gasteiger charge is -2.29. The molecule has 25 heavy (non-hydrogen) atoms. The lowest BCUT2D eigenvalue weighted by molar-refractivity contribution is -0.166. The Morgan fingerprint density at radius 3 is 2.20 bits per heavy atom. The van der Waals surface area contributed by atoms with Gasteiger partial charge >= 0.3 is 12.1 Å². The summed E-state index contributed by atoms with van der Waals surface area (Å²) in [4.78, 5) is 23.2. The maximum absolute atomic E-state index is 13.7. The van der Waals surface area contributed by atoms with Crippen molar-refractivity contribution in [2.75, 3.05) is 0 Å². The van der Waals surface area contributed by atoms with Crippen LogP contribution in [0.15, 0.2) is 18.2 Å². The van der Waals surface area contributed by atoms with Gasteiger partial charge in [-0.3, -0.25) is 9.59 Å². The van der Waals surface area contributed by atoms with Crippen LogP contribution in [0.1, 0.15) is 37.3 Å². The van der Waals surface area contributed by atoms with Crippen LogP contribution in [0, 0.1) is 23.5 Å². The van der Waals surface area contributed by atoms with Gasteiger partial charge in [0.15, 0.2) is 6.04 Å². The van der Waals surface area contributed by atoms with Crippen molar-refractivity contribution in [3.63, 3.8) is 0 Å². The number of nitrogens with one attached hydrogen (secondary N) is 1. The fraction of sp³-hybridized carbons (Fsp3) is 0.500. The number of rotatable bonds is 4. The zero-order chi connectivity index (χ0) is 18.8. The van der Waals surface area contributed by atoms with Crippen LogP contribution in [-0.2, 0) is 9.59 Å². The minimum atomic E-state index is -5.11. The summed E-state index contributed by atoms with van der Waals surface area (Å²) in [5.41, 5.74) is -1.28. The molecule has 0 heterocycles. The second kappa shape index (κ2) is 7.37. The van der Waals surface area contributed by atoms with Gasteiger partial charge in [0.05, 0.1) is 11.5 Å². The number of carbonyl (C=O) groups is 2. The molecule has 9 heteroatoms. The molecule has 0 aliphatic heterocycles. The number of hydrogen-bond donors (Lipinski definition) is 2. The average molecular weight is 365 g/mol. The first-order chi connectivity index (χ1) is 11.6. The molecule has 1 fully saturated rings. The third-order valence-corrected chi connectivity index (χ3v) is 4.30. The topological polar surface area (TPSA) is 66.4 Å². The highest BCUT2D eigenvalue weighted by molar-refractivity contribution is 5.80. The summed E-state index contributed by atoms with van der Waals surface area (Å²) in [7, 11) is 0. The summed E-state index contributed by atoms with van der Waals surface area (Å²) < 4.78 is 67.2. The summed E-state index contributed by atoms with van der Waals surface area (Å²) >= 11 is 0. The second-order valence-electron chi connectivity index (χ2n) is 6.02. The molecule has 138 valence electrons. The van der Waals surface area contributed by atoms with Crippen molar-refractivity contribution in [2.45, 2.75) is 37.9 Å². The molecule has 3 atom stereocenters. The standard InChI is InChI=1S/C16H16F5NO3/c17-10-5-2-6-11(18)12(10)13(16(19,20)21)22-14(23)8-3-1-4-9(7-8)15(24)25/h2,5-6,8-9,13H,1,3-4,7H2,(H,22,23)(H,24,25). The number of carboxylic acid groups (broad SMARTS) is 1. The molecule has 1 aromatic carbocycles. The molecule has 0 saturated heterocycles. The monoisotopic (exact) mass is 365 g/mol. The van der Waals surface area contributed by atoms with Crippen molar-refractivity contribution in [3.8, 4) is 0 Å². The molecule has 2 rings (SSSR count). The maximum atomic E-state index is 13.7. The number of amides is 1. The van der Waals surface area contributed by atoms with E-state index in [1.165, 1.54) is 0 Å². The largest absolute Gasteiger partial charge is 0.481 e. The summed E-state index contributed by atoms with van der Waals surface area (Å²) in [6.07, 6.45) is -4.28. The van der Waals surface area contributed by atoms with E-state index in [-0.39, 0.29) is 12.8 Å². The summed E-state index contributed by atoms with van der Waals surface area (Å²) in [6.45, 7) is 0. The lowest BCUT2D eigenvalue weighted by atomic mass is 9.81. The van der Waals surface area contributed by atoms with Gasteiger partial charge in [-0.05, 0) is 31.4 Å². The first-order valence-electron chi connectivity index (χ1n) is 7.65. The number of carboxylic acids is 1. The van der Waals surface area contributed by atoms with Gasteiger partial charge in [0, 0.05) is 5.92 Å². The Morgan fingerprint density at radius 2 is 1.68 bits per heavy atom. The molecule has 0 spiro atoms. The van der Waals surface area contributed by atoms with Crippen LogP contribution < -0.4 is 5.32 Å². The van der Waals surface area contributed by atoms with Crippen molar-refractivity contribution in [1.82, 2.24) is 5.32 Å². The molecule has 1 saturated carbocycles. The maximum Gasteiger partial charge on any atom is 0.413 e. The molecule has 0 radical (unpaired) electrons. The lowest BCUT2D eigenvalue weighted by Crippen LogP contribution is -2.43. The molecule has 2 N–H and O–H groups in total. The van der Waals surface area contributed by atoms with E-state index in [0.29, 0.717) is 25.0 Å². The van der Waals surface area contributed by atoms with Crippen molar-refractivity contribution in [1.29, 1.82) is 0 Å². The van der Waals surface area contributed by atoms with E-state index in [9.17, 15) is 31.5 Å². The molecular formula is C16H16F5NO3. The number of carbonyl (C=O) groups excluding carboxylic acids is 1. The Labute approximate surface area is 140 Å². The summed E-state index contributed by atoms with van der Waals surface area (Å²) in [5.74, 6) is -6.79. The quantitative estimate of drug-likeness (QED) is 0.802. The first kappa shape index (κ1) is 19.1. The van der Waals surface area contributed by atoms with Crippen LogP contribution in [0.2, 0.25) is 0 Å². The highest BCUT2D eigenvalue weighted by Crippen LogP contribution is 2.37. The molecule has 4 nitrogen and oxygen atoms in total. The van der Waals surface area contributed by atoms with Gasteiger partial charge in [0.2, 0.25) is 5.91 Å². The molecule has 0 aromatic heterocycles. The van der Waals surface area contributed by atoms with Crippen LogP contribution in [0.5, 0.6) is 0 Å². The molecule has 0 bridgehead atoms. The van der Waals surface area contributed by atoms with Crippen LogP contribution >= 0.6 is 0 Å². The molecular weight excluding hydrogens is 349 g/mol. The van der Waals surface area contributed by atoms with Crippen molar-refractivity contribution >= 4 is 11.9 Å². The predicted octanol–water partition coefficient (Wildman–Crippen LogP) is 3.58. The van der Waals surface area contributed by atoms with Crippen molar-refractivity contribution in [3.05, 3.63) is 35.4 Å². The van der Waals surface area contributed by atoms with Gasteiger partial charge in [-0.15, -0.1) is 0 Å². The molecule has 1 amide bonds. The molecule has 1 aliphatic carbocycles.